The van der Waals surface area contributed by atoms with Crippen LogP contribution in [0.15, 0.2) is 29.2 Å². The predicted octanol–water partition coefficient (Wildman–Crippen LogP) is 2.48. The summed E-state index contributed by atoms with van der Waals surface area (Å²) in [7, 11) is -2.47. The van der Waals surface area contributed by atoms with Gasteiger partial charge in [-0.3, -0.25) is 10.0 Å². The van der Waals surface area contributed by atoms with Gasteiger partial charge in [0, 0.05) is 6.54 Å². The molecule has 1 aromatic rings. The lowest BCUT2D eigenvalue weighted by Crippen LogP contribution is -2.55. The van der Waals surface area contributed by atoms with Crippen molar-refractivity contribution >= 4 is 15.9 Å². The highest BCUT2D eigenvalue weighted by Crippen LogP contribution is 2.30. The standard InChI is InChI=1S/C21H35N3O5S/c1-21(2,3)19(20(25)22-26)24(16-8-15-23-13-6-5-7-14-23)30(27,28)18-11-9-17(29-4)10-12-18/h9-12,19,26H,5-8,13-16H2,1-4H3,(H,22,25)/t19-/m0/s1. The fourth-order valence-electron chi connectivity index (χ4n) is 3.92. The summed E-state index contributed by atoms with van der Waals surface area (Å²) < 4.78 is 33.4. The summed E-state index contributed by atoms with van der Waals surface area (Å²) >= 11 is 0. The minimum absolute atomic E-state index is 0.0845. The Morgan fingerprint density at radius 1 is 1.20 bits per heavy atom. The molecule has 8 nitrogen and oxygen atoms in total. The van der Waals surface area contributed by atoms with Crippen LogP contribution >= 0.6 is 0 Å². The highest BCUT2D eigenvalue weighted by Gasteiger charge is 2.42. The molecule has 0 bridgehead atoms. The average Bonchev–Trinajstić information content (AvgIpc) is 2.72. The normalized spacial score (nSPS) is 17.0. The number of methoxy groups -OCH3 is 1. The molecule has 30 heavy (non-hydrogen) atoms. The van der Waals surface area contributed by atoms with Crippen LogP contribution in [-0.4, -0.2) is 68.1 Å². The fourth-order valence-corrected chi connectivity index (χ4v) is 5.73. The first-order valence-corrected chi connectivity index (χ1v) is 11.9. The fraction of sp³-hybridized carbons (Fsp3) is 0.667. The van der Waals surface area contributed by atoms with Crippen LogP contribution in [0.2, 0.25) is 0 Å². The molecule has 1 amide bonds. The number of carbonyl (C=O) groups is 1. The van der Waals surface area contributed by atoms with Crippen molar-refractivity contribution in [1.82, 2.24) is 14.7 Å². The van der Waals surface area contributed by atoms with Crippen molar-refractivity contribution in [3.8, 4) is 5.75 Å². The first-order chi connectivity index (χ1) is 14.1. The van der Waals surface area contributed by atoms with Gasteiger partial charge in [-0.25, -0.2) is 13.9 Å². The van der Waals surface area contributed by atoms with Crippen molar-refractivity contribution in [1.29, 1.82) is 0 Å². The third-order valence-corrected chi connectivity index (χ3v) is 7.31. The third kappa shape index (κ3) is 6.16. The van der Waals surface area contributed by atoms with Gasteiger partial charge in [-0.2, -0.15) is 4.31 Å². The lowest BCUT2D eigenvalue weighted by Gasteiger charge is -2.38. The molecule has 1 atom stereocenters. The molecular formula is C21H35N3O5S. The molecule has 9 heteroatoms. The minimum Gasteiger partial charge on any atom is -0.497 e. The average molecular weight is 442 g/mol. The number of hydrogen-bond donors (Lipinski definition) is 2. The Labute approximate surface area is 180 Å². The SMILES string of the molecule is COc1ccc(S(=O)(=O)N(CCCN2CCCCC2)[C@@H](C(=O)NO)C(C)(C)C)cc1. The predicted molar refractivity (Wildman–Crippen MR) is 115 cm³/mol. The van der Waals surface area contributed by atoms with E-state index in [4.69, 9.17) is 4.74 Å². The van der Waals surface area contributed by atoms with Crippen molar-refractivity contribution in [2.24, 2.45) is 5.41 Å². The third-order valence-electron chi connectivity index (χ3n) is 5.43. The molecule has 2 rings (SSSR count). The quantitative estimate of drug-likeness (QED) is 0.451. The highest BCUT2D eigenvalue weighted by atomic mass is 32.2. The first-order valence-electron chi connectivity index (χ1n) is 10.4. The van der Waals surface area contributed by atoms with Gasteiger partial charge in [0.2, 0.25) is 10.0 Å². The van der Waals surface area contributed by atoms with Crippen LogP contribution in [0.1, 0.15) is 46.5 Å². The second-order valence-corrected chi connectivity index (χ2v) is 10.7. The Kier molecular flexibility index (Phi) is 8.66. The lowest BCUT2D eigenvalue weighted by molar-refractivity contribution is -0.136. The number of nitrogens with zero attached hydrogens (tertiary/aromatic N) is 2. The number of benzene rings is 1. The molecule has 0 aliphatic carbocycles. The van der Waals surface area contributed by atoms with Gasteiger partial charge in [-0.05, 0) is 68.6 Å². The van der Waals surface area contributed by atoms with E-state index in [1.807, 2.05) is 0 Å². The zero-order valence-electron chi connectivity index (χ0n) is 18.4. The van der Waals surface area contributed by atoms with Crippen LogP contribution < -0.4 is 10.2 Å². The van der Waals surface area contributed by atoms with Crippen molar-refractivity contribution in [3.05, 3.63) is 24.3 Å². The number of rotatable bonds is 9. The Balaban J connectivity index is 2.33. The number of amides is 1. The number of sulfonamides is 1. The van der Waals surface area contributed by atoms with Crippen LogP contribution in [0.3, 0.4) is 0 Å². The maximum atomic E-state index is 13.5. The van der Waals surface area contributed by atoms with E-state index in [1.165, 1.54) is 30.0 Å². The van der Waals surface area contributed by atoms with E-state index in [9.17, 15) is 18.4 Å². The first kappa shape index (κ1) is 24.6. The van der Waals surface area contributed by atoms with Crippen molar-refractivity contribution < 1.29 is 23.2 Å². The van der Waals surface area contributed by atoms with E-state index >= 15 is 0 Å². The summed E-state index contributed by atoms with van der Waals surface area (Å²) in [5.74, 6) is -0.191. The van der Waals surface area contributed by atoms with Gasteiger partial charge in [0.1, 0.15) is 11.8 Å². The lowest BCUT2D eigenvalue weighted by atomic mass is 9.86. The van der Waals surface area contributed by atoms with Crippen LogP contribution in [0.25, 0.3) is 0 Å². The summed E-state index contributed by atoms with van der Waals surface area (Å²) in [5, 5.41) is 9.31. The highest BCUT2D eigenvalue weighted by molar-refractivity contribution is 7.89. The zero-order valence-corrected chi connectivity index (χ0v) is 19.2. The van der Waals surface area contributed by atoms with Gasteiger partial charge >= 0.3 is 0 Å². The number of piperidine rings is 1. The molecule has 2 N–H and O–H groups in total. The van der Waals surface area contributed by atoms with Gasteiger partial charge in [0.05, 0.1) is 12.0 Å². The zero-order chi connectivity index (χ0) is 22.4. The molecule has 170 valence electrons. The number of nitrogens with one attached hydrogen (secondary N) is 1. The van der Waals surface area contributed by atoms with Gasteiger partial charge in [-0.1, -0.05) is 27.2 Å². The molecule has 0 unspecified atom stereocenters. The van der Waals surface area contributed by atoms with Crippen molar-refractivity contribution in [2.45, 2.75) is 57.4 Å². The van der Waals surface area contributed by atoms with Crippen molar-refractivity contribution in [2.75, 3.05) is 33.3 Å². The monoisotopic (exact) mass is 441 g/mol. The second kappa shape index (κ2) is 10.6. The molecule has 0 spiro atoms. The van der Waals surface area contributed by atoms with E-state index in [2.05, 4.69) is 4.90 Å². The van der Waals surface area contributed by atoms with Crippen molar-refractivity contribution in [3.63, 3.8) is 0 Å². The molecule has 1 heterocycles. The molecule has 1 saturated heterocycles. The Morgan fingerprint density at radius 3 is 2.30 bits per heavy atom. The molecule has 1 aliphatic rings. The summed E-state index contributed by atoms with van der Waals surface area (Å²) in [6.07, 6.45) is 4.15. The van der Waals surface area contributed by atoms with Crippen LogP contribution in [0.5, 0.6) is 5.75 Å². The summed E-state index contributed by atoms with van der Waals surface area (Å²) in [5.41, 5.74) is 0.934. The maximum Gasteiger partial charge on any atom is 0.262 e. The van der Waals surface area contributed by atoms with E-state index in [0.717, 1.165) is 32.5 Å². The van der Waals surface area contributed by atoms with Gasteiger partial charge in [-0.15, -0.1) is 0 Å². The molecule has 0 aromatic heterocycles. The molecule has 1 aromatic carbocycles. The largest absolute Gasteiger partial charge is 0.497 e. The van der Waals surface area contributed by atoms with E-state index in [-0.39, 0.29) is 11.4 Å². The van der Waals surface area contributed by atoms with E-state index in [1.54, 1.807) is 38.4 Å². The summed E-state index contributed by atoms with van der Waals surface area (Å²) in [6, 6.07) is 5.05. The minimum atomic E-state index is -3.98. The number of hydroxylamine groups is 1. The van der Waals surface area contributed by atoms with Crippen LogP contribution in [0.4, 0.5) is 0 Å². The molecule has 0 radical (unpaired) electrons. The maximum absolute atomic E-state index is 13.5. The molecule has 1 fully saturated rings. The van der Waals surface area contributed by atoms with Gasteiger partial charge in [0.25, 0.3) is 5.91 Å². The summed E-state index contributed by atoms with van der Waals surface area (Å²) in [6.45, 7) is 8.35. The number of likely N-dealkylation sites (tertiary alicyclic amines) is 1. The van der Waals surface area contributed by atoms with Crippen LogP contribution in [-0.2, 0) is 14.8 Å². The Hall–Kier alpha value is -1.68. The number of ether oxygens (including phenoxy) is 1. The topological polar surface area (TPSA) is 99.2 Å². The molecule has 0 saturated carbocycles. The van der Waals surface area contributed by atoms with Crippen LogP contribution in [0, 0.1) is 5.41 Å². The Morgan fingerprint density at radius 2 is 1.80 bits per heavy atom. The second-order valence-electron chi connectivity index (χ2n) is 8.79. The summed E-state index contributed by atoms with van der Waals surface area (Å²) in [4.78, 5) is 15.0. The molecular weight excluding hydrogens is 406 g/mol. The smallest absolute Gasteiger partial charge is 0.262 e. The number of hydrogen-bond acceptors (Lipinski definition) is 6. The molecule has 1 aliphatic heterocycles. The Bertz CT molecular complexity index is 784. The van der Waals surface area contributed by atoms with Gasteiger partial charge in [0.15, 0.2) is 0 Å². The van der Waals surface area contributed by atoms with E-state index in [0.29, 0.717) is 12.2 Å². The van der Waals surface area contributed by atoms with Gasteiger partial charge < -0.3 is 9.64 Å². The number of carbonyl (C=O) groups excluding carboxylic acids is 1. The van der Waals surface area contributed by atoms with E-state index < -0.39 is 27.4 Å².